The van der Waals surface area contributed by atoms with Gasteiger partial charge in [0.05, 0.1) is 29.3 Å². The number of anilines is 2. The topological polar surface area (TPSA) is 88.5 Å². The summed E-state index contributed by atoms with van der Waals surface area (Å²) < 4.78 is 16.8. The average Bonchev–Trinajstić information content (AvgIpc) is 3.17. The average molecular weight is 535 g/mol. The van der Waals surface area contributed by atoms with Gasteiger partial charge in [-0.15, -0.1) is 0 Å². The van der Waals surface area contributed by atoms with Crippen LogP contribution in [0.5, 0.6) is 17.2 Å². The number of Topliss-reactive ketones (excluding diaryl/α,β-unsaturated/α-hetero) is 1. The minimum atomic E-state index is -0.919. The molecule has 1 fully saturated rings. The summed E-state index contributed by atoms with van der Waals surface area (Å²) in [6, 6.07) is 15.0. The standard InChI is InChI=1S/C29H27ClN2O6/c1-16-13-20(28(36-4)21(30)14-16)26(33)24-25(17-5-7-18(8-6-17)31(2)3)32(29(35)27(24)34)19-9-10-22-23(15-19)38-12-11-37-22/h5-10,13-15,25,33H,11-12H2,1-4H3/b26-24+. The Balaban J connectivity index is 1.73. The number of methoxy groups -OCH3 is 1. The number of halogens is 1. The van der Waals surface area contributed by atoms with Crippen LogP contribution in [0.25, 0.3) is 5.76 Å². The van der Waals surface area contributed by atoms with Gasteiger partial charge in [-0.25, -0.2) is 0 Å². The molecule has 9 heteroatoms. The van der Waals surface area contributed by atoms with Crippen molar-refractivity contribution >= 4 is 40.4 Å². The lowest BCUT2D eigenvalue weighted by molar-refractivity contribution is -0.132. The van der Waals surface area contributed by atoms with Gasteiger partial charge in [0.2, 0.25) is 0 Å². The van der Waals surface area contributed by atoms with Crippen LogP contribution in [-0.4, -0.2) is 51.2 Å². The Morgan fingerprint density at radius 3 is 2.37 bits per heavy atom. The van der Waals surface area contributed by atoms with E-state index < -0.39 is 17.7 Å². The van der Waals surface area contributed by atoms with Crippen molar-refractivity contribution in [3.05, 3.63) is 81.9 Å². The van der Waals surface area contributed by atoms with Gasteiger partial charge in [-0.05, 0) is 54.4 Å². The zero-order valence-electron chi connectivity index (χ0n) is 21.4. The number of aliphatic hydroxyl groups excluding tert-OH is 1. The van der Waals surface area contributed by atoms with Crippen LogP contribution in [-0.2, 0) is 9.59 Å². The highest BCUT2D eigenvalue weighted by Crippen LogP contribution is 2.46. The van der Waals surface area contributed by atoms with Crippen molar-refractivity contribution in [3.8, 4) is 17.2 Å². The highest BCUT2D eigenvalue weighted by molar-refractivity contribution is 6.51. The molecule has 1 N–H and O–H groups in total. The van der Waals surface area contributed by atoms with Gasteiger partial charge in [-0.1, -0.05) is 23.7 Å². The van der Waals surface area contributed by atoms with E-state index in [1.54, 1.807) is 30.3 Å². The zero-order valence-corrected chi connectivity index (χ0v) is 22.2. The van der Waals surface area contributed by atoms with Crippen LogP contribution in [0.1, 0.15) is 22.7 Å². The first-order valence-corrected chi connectivity index (χ1v) is 12.4. The number of benzene rings is 3. The normalized spacial score (nSPS) is 18.0. The van der Waals surface area contributed by atoms with E-state index in [0.29, 0.717) is 36.0 Å². The smallest absolute Gasteiger partial charge is 0.300 e. The predicted molar refractivity (Wildman–Crippen MR) is 146 cm³/mol. The quantitative estimate of drug-likeness (QED) is 0.276. The molecule has 0 saturated carbocycles. The second kappa shape index (κ2) is 9.95. The summed E-state index contributed by atoms with van der Waals surface area (Å²) in [6.07, 6.45) is 0. The van der Waals surface area contributed by atoms with Crippen molar-refractivity contribution in [2.24, 2.45) is 0 Å². The SMILES string of the molecule is COc1c(Cl)cc(C)cc1/C(O)=C1\C(=O)C(=O)N(c2ccc3c(c2)OCCO3)C1c1ccc(N(C)C)cc1. The number of ketones is 1. The number of hydrogen-bond acceptors (Lipinski definition) is 7. The summed E-state index contributed by atoms with van der Waals surface area (Å²) in [4.78, 5) is 30.5. The summed E-state index contributed by atoms with van der Waals surface area (Å²) in [5.74, 6) is -0.719. The monoisotopic (exact) mass is 534 g/mol. The van der Waals surface area contributed by atoms with Crippen molar-refractivity contribution in [3.63, 3.8) is 0 Å². The Hall–Kier alpha value is -4.17. The van der Waals surface area contributed by atoms with Gasteiger partial charge in [-0.2, -0.15) is 0 Å². The maximum atomic E-state index is 13.6. The molecule has 1 amide bonds. The van der Waals surface area contributed by atoms with E-state index in [2.05, 4.69) is 0 Å². The molecule has 1 saturated heterocycles. The van der Waals surface area contributed by atoms with Crippen LogP contribution < -0.4 is 24.0 Å². The molecule has 1 unspecified atom stereocenters. The van der Waals surface area contributed by atoms with E-state index in [-0.39, 0.29) is 27.7 Å². The number of rotatable bonds is 5. The first kappa shape index (κ1) is 25.5. The summed E-state index contributed by atoms with van der Waals surface area (Å²) in [7, 11) is 5.27. The lowest BCUT2D eigenvalue weighted by Gasteiger charge is -2.27. The van der Waals surface area contributed by atoms with Crippen LogP contribution in [0.3, 0.4) is 0 Å². The second-order valence-corrected chi connectivity index (χ2v) is 9.72. The molecule has 2 heterocycles. The third-order valence-electron chi connectivity index (χ3n) is 6.62. The number of aryl methyl sites for hydroxylation is 1. The molecule has 3 aromatic rings. The van der Waals surface area contributed by atoms with Crippen molar-refractivity contribution in [2.45, 2.75) is 13.0 Å². The Morgan fingerprint density at radius 1 is 1.03 bits per heavy atom. The maximum absolute atomic E-state index is 13.6. The molecule has 0 radical (unpaired) electrons. The lowest BCUT2D eigenvalue weighted by atomic mass is 9.94. The fraction of sp³-hybridized carbons (Fsp3) is 0.241. The molecule has 5 rings (SSSR count). The molecule has 0 bridgehead atoms. The first-order valence-electron chi connectivity index (χ1n) is 12.0. The van der Waals surface area contributed by atoms with Crippen LogP contribution in [0, 0.1) is 6.92 Å². The molecule has 2 aliphatic rings. The lowest BCUT2D eigenvalue weighted by Crippen LogP contribution is -2.29. The van der Waals surface area contributed by atoms with Gasteiger partial charge in [0, 0.05) is 31.5 Å². The number of carbonyl (C=O) groups excluding carboxylic acids is 2. The van der Waals surface area contributed by atoms with Crippen LogP contribution >= 0.6 is 11.6 Å². The van der Waals surface area contributed by atoms with Crippen LogP contribution in [0.15, 0.2) is 60.2 Å². The largest absolute Gasteiger partial charge is 0.507 e. The highest BCUT2D eigenvalue weighted by Gasteiger charge is 2.47. The fourth-order valence-corrected chi connectivity index (χ4v) is 5.16. The highest BCUT2D eigenvalue weighted by atomic mass is 35.5. The minimum absolute atomic E-state index is 0.0672. The molecule has 8 nitrogen and oxygen atoms in total. The van der Waals surface area contributed by atoms with Crippen LogP contribution in [0.4, 0.5) is 11.4 Å². The van der Waals surface area contributed by atoms with E-state index in [1.165, 1.54) is 12.0 Å². The number of aliphatic hydroxyl groups is 1. The van der Waals surface area contributed by atoms with Gasteiger partial charge >= 0.3 is 0 Å². The Morgan fingerprint density at radius 2 is 1.71 bits per heavy atom. The van der Waals surface area contributed by atoms with Crippen molar-refractivity contribution < 1.29 is 28.9 Å². The Labute approximate surface area is 225 Å². The summed E-state index contributed by atoms with van der Waals surface area (Å²) in [6.45, 7) is 2.61. The second-order valence-electron chi connectivity index (χ2n) is 9.31. The zero-order chi connectivity index (χ0) is 27.1. The number of nitrogens with zero attached hydrogens (tertiary/aromatic N) is 2. The molecule has 38 heavy (non-hydrogen) atoms. The molecule has 1 atom stereocenters. The van der Waals surface area contributed by atoms with Gasteiger partial charge in [0.1, 0.15) is 24.7 Å². The van der Waals surface area contributed by atoms with Gasteiger partial charge in [-0.3, -0.25) is 14.5 Å². The van der Waals surface area contributed by atoms with E-state index in [4.69, 9.17) is 25.8 Å². The Kier molecular flexibility index (Phi) is 6.67. The summed E-state index contributed by atoms with van der Waals surface area (Å²) in [5.41, 5.74) is 2.94. The molecule has 0 aliphatic carbocycles. The van der Waals surface area contributed by atoms with E-state index in [1.807, 2.05) is 50.2 Å². The number of amides is 1. The van der Waals surface area contributed by atoms with Gasteiger partial charge in [0.15, 0.2) is 11.5 Å². The summed E-state index contributed by atoms with van der Waals surface area (Å²) >= 11 is 6.39. The van der Waals surface area contributed by atoms with Crippen molar-refractivity contribution in [1.29, 1.82) is 0 Å². The molecule has 0 aromatic heterocycles. The number of hydrogen-bond donors (Lipinski definition) is 1. The minimum Gasteiger partial charge on any atom is -0.507 e. The van der Waals surface area contributed by atoms with Crippen molar-refractivity contribution in [1.82, 2.24) is 0 Å². The fourth-order valence-electron chi connectivity index (χ4n) is 4.81. The molecule has 196 valence electrons. The molecular weight excluding hydrogens is 508 g/mol. The molecule has 0 spiro atoms. The molecule has 3 aromatic carbocycles. The molecular formula is C29H27ClN2O6. The number of carbonyl (C=O) groups is 2. The summed E-state index contributed by atoms with van der Waals surface area (Å²) in [5, 5.41) is 11.9. The van der Waals surface area contributed by atoms with E-state index >= 15 is 0 Å². The molecule has 2 aliphatic heterocycles. The third kappa shape index (κ3) is 4.31. The maximum Gasteiger partial charge on any atom is 0.300 e. The first-order chi connectivity index (χ1) is 18.2. The predicted octanol–water partition coefficient (Wildman–Crippen LogP) is 5.12. The van der Waals surface area contributed by atoms with E-state index in [0.717, 1.165) is 11.3 Å². The number of fused-ring (bicyclic) bond motifs is 1. The number of ether oxygens (including phenoxy) is 3. The van der Waals surface area contributed by atoms with Crippen molar-refractivity contribution in [2.75, 3.05) is 44.2 Å². The Bertz CT molecular complexity index is 1460. The third-order valence-corrected chi connectivity index (χ3v) is 6.90. The van der Waals surface area contributed by atoms with E-state index in [9.17, 15) is 14.7 Å². The van der Waals surface area contributed by atoms with Gasteiger partial charge in [0.25, 0.3) is 11.7 Å². The van der Waals surface area contributed by atoms with Gasteiger partial charge < -0.3 is 24.2 Å². The van der Waals surface area contributed by atoms with Crippen LogP contribution in [0.2, 0.25) is 5.02 Å².